The molecule has 4 heteroatoms. The fourth-order valence-corrected chi connectivity index (χ4v) is 2.39. The summed E-state index contributed by atoms with van der Waals surface area (Å²) in [4.78, 5) is 4.47. The maximum atomic E-state index is 4.47. The standard InChI is InChI=1S/C16H12N4/c1-2-4-12(5-3-1)16-17-8-9-20(16)14-6-7-15-13(10-14)11-18-19-15/h1-11H,(H,18,19). The van der Waals surface area contributed by atoms with Crippen LogP contribution in [0.2, 0.25) is 0 Å². The summed E-state index contributed by atoms with van der Waals surface area (Å²) in [6.07, 6.45) is 5.63. The molecule has 0 atom stereocenters. The average Bonchev–Trinajstić information content (AvgIpc) is 3.16. The van der Waals surface area contributed by atoms with Crippen molar-refractivity contribution in [2.75, 3.05) is 0 Å². The van der Waals surface area contributed by atoms with Crippen molar-refractivity contribution >= 4 is 10.9 Å². The second kappa shape index (κ2) is 4.35. The number of benzene rings is 2. The zero-order valence-electron chi connectivity index (χ0n) is 10.7. The summed E-state index contributed by atoms with van der Waals surface area (Å²) in [5.41, 5.74) is 3.22. The maximum Gasteiger partial charge on any atom is 0.144 e. The van der Waals surface area contributed by atoms with Gasteiger partial charge < -0.3 is 0 Å². The summed E-state index contributed by atoms with van der Waals surface area (Å²) in [6, 6.07) is 16.4. The minimum Gasteiger partial charge on any atom is -0.300 e. The smallest absolute Gasteiger partial charge is 0.144 e. The lowest BCUT2D eigenvalue weighted by Gasteiger charge is -2.08. The highest BCUT2D eigenvalue weighted by Crippen LogP contribution is 2.23. The number of nitrogens with one attached hydrogen (secondary N) is 1. The van der Waals surface area contributed by atoms with Gasteiger partial charge in [-0.05, 0) is 18.2 Å². The van der Waals surface area contributed by atoms with Crippen molar-refractivity contribution in [1.82, 2.24) is 19.7 Å². The predicted octanol–water partition coefficient (Wildman–Crippen LogP) is 3.42. The summed E-state index contributed by atoms with van der Waals surface area (Å²) >= 11 is 0. The Balaban J connectivity index is 1.88. The van der Waals surface area contributed by atoms with E-state index in [0.29, 0.717) is 0 Å². The van der Waals surface area contributed by atoms with E-state index in [1.807, 2.05) is 42.9 Å². The molecule has 0 aliphatic carbocycles. The molecular weight excluding hydrogens is 248 g/mol. The van der Waals surface area contributed by atoms with E-state index in [-0.39, 0.29) is 0 Å². The molecule has 4 rings (SSSR count). The molecule has 0 spiro atoms. The van der Waals surface area contributed by atoms with Gasteiger partial charge in [0.15, 0.2) is 0 Å². The van der Waals surface area contributed by atoms with Gasteiger partial charge in [0.1, 0.15) is 5.82 Å². The predicted molar refractivity (Wildman–Crippen MR) is 78.7 cm³/mol. The van der Waals surface area contributed by atoms with Crippen molar-refractivity contribution in [3.05, 3.63) is 67.1 Å². The molecule has 0 amide bonds. The highest BCUT2D eigenvalue weighted by molar-refractivity contribution is 5.80. The second-order valence-corrected chi connectivity index (χ2v) is 4.63. The van der Waals surface area contributed by atoms with Crippen molar-refractivity contribution < 1.29 is 0 Å². The monoisotopic (exact) mass is 260 g/mol. The number of nitrogens with zero attached hydrogens (tertiary/aromatic N) is 3. The van der Waals surface area contributed by atoms with Crippen LogP contribution >= 0.6 is 0 Å². The SMILES string of the molecule is c1ccc(-c2nccn2-c2ccc3[nH]ncc3c2)cc1. The normalized spacial score (nSPS) is 11.0. The van der Waals surface area contributed by atoms with Gasteiger partial charge in [0, 0.05) is 29.0 Å². The van der Waals surface area contributed by atoms with E-state index in [4.69, 9.17) is 0 Å². The Hall–Kier alpha value is -2.88. The zero-order valence-corrected chi connectivity index (χ0v) is 10.7. The van der Waals surface area contributed by atoms with Crippen LogP contribution in [-0.4, -0.2) is 19.7 Å². The molecule has 0 fully saturated rings. The summed E-state index contributed by atoms with van der Waals surface area (Å²) in [7, 11) is 0. The molecule has 2 aromatic carbocycles. The second-order valence-electron chi connectivity index (χ2n) is 4.63. The number of H-pyrrole nitrogens is 1. The maximum absolute atomic E-state index is 4.47. The van der Waals surface area contributed by atoms with E-state index >= 15 is 0 Å². The first-order valence-corrected chi connectivity index (χ1v) is 6.44. The highest BCUT2D eigenvalue weighted by atomic mass is 15.1. The first kappa shape index (κ1) is 11.0. The van der Waals surface area contributed by atoms with Crippen LogP contribution in [0.4, 0.5) is 0 Å². The van der Waals surface area contributed by atoms with Crippen LogP contribution in [0.1, 0.15) is 0 Å². The highest BCUT2D eigenvalue weighted by Gasteiger charge is 2.08. The molecule has 0 unspecified atom stereocenters. The van der Waals surface area contributed by atoms with Gasteiger partial charge in [-0.15, -0.1) is 0 Å². The first-order valence-electron chi connectivity index (χ1n) is 6.44. The van der Waals surface area contributed by atoms with Crippen molar-refractivity contribution in [2.45, 2.75) is 0 Å². The number of rotatable bonds is 2. The number of imidazole rings is 1. The Labute approximate surface area is 115 Å². The number of aromatic amines is 1. The fraction of sp³-hybridized carbons (Fsp3) is 0. The Morgan fingerprint density at radius 2 is 1.90 bits per heavy atom. The molecule has 2 aromatic heterocycles. The Kier molecular flexibility index (Phi) is 2.39. The van der Waals surface area contributed by atoms with Gasteiger partial charge in [-0.2, -0.15) is 5.10 Å². The van der Waals surface area contributed by atoms with E-state index in [2.05, 4.69) is 44.0 Å². The van der Waals surface area contributed by atoms with Crippen molar-refractivity contribution in [2.24, 2.45) is 0 Å². The van der Waals surface area contributed by atoms with Crippen molar-refractivity contribution in [1.29, 1.82) is 0 Å². The van der Waals surface area contributed by atoms with Crippen LogP contribution < -0.4 is 0 Å². The molecule has 0 aliphatic rings. The van der Waals surface area contributed by atoms with E-state index in [1.165, 1.54) is 0 Å². The fourth-order valence-electron chi connectivity index (χ4n) is 2.39. The molecule has 4 nitrogen and oxygen atoms in total. The molecule has 0 radical (unpaired) electrons. The quantitative estimate of drug-likeness (QED) is 0.600. The molecule has 2 heterocycles. The first-order chi connectivity index (χ1) is 9.92. The third-order valence-electron chi connectivity index (χ3n) is 3.37. The topological polar surface area (TPSA) is 46.5 Å². The molecule has 0 bridgehead atoms. The molecule has 1 N–H and O–H groups in total. The summed E-state index contributed by atoms with van der Waals surface area (Å²) < 4.78 is 2.09. The van der Waals surface area contributed by atoms with Gasteiger partial charge in [-0.25, -0.2) is 4.98 Å². The minimum atomic E-state index is 0.938. The average molecular weight is 260 g/mol. The van der Waals surface area contributed by atoms with Gasteiger partial charge in [0.2, 0.25) is 0 Å². The molecular formula is C16H12N4. The molecule has 20 heavy (non-hydrogen) atoms. The van der Waals surface area contributed by atoms with Crippen LogP contribution in [0.15, 0.2) is 67.1 Å². The number of aromatic nitrogens is 4. The summed E-state index contributed by atoms with van der Waals surface area (Å²) in [5.74, 6) is 0.938. The lowest BCUT2D eigenvalue weighted by atomic mass is 10.2. The zero-order chi connectivity index (χ0) is 13.4. The third-order valence-corrected chi connectivity index (χ3v) is 3.37. The lowest BCUT2D eigenvalue weighted by Crippen LogP contribution is -1.95. The van der Waals surface area contributed by atoms with Gasteiger partial charge >= 0.3 is 0 Å². The number of hydrogen-bond acceptors (Lipinski definition) is 2. The summed E-state index contributed by atoms with van der Waals surface area (Å²) in [5, 5.41) is 8.11. The van der Waals surface area contributed by atoms with Crippen LogP contribution in [0, 0.1) is 0 Å². The van der Waals surface area contributed by atoms with E-state index in [9.17, 15) is 0 Å². The lowest BCUT2D eigenvalue weighted by molar-refractivity contribution is 1.07. The Morgan fingerprint density at radius 3 is 2.80 bits per heavy atom. The third kappa shape index (κ3) is 1.70. The van der Waals surface area contributed by atoms with E-state index in [1.54, 1.807) is 0 Å². The Morgan fingerprint density at radius 1 is 1.00 bits per heavy atom. The molecule has 0 saturated heterocycles. The van der Waals surface area contributed by atoms with Crippen molar-refractivity contribution in [3.8, 4) is 17.1 Å². The van der Waals surface area contributed by atoms with Crippen LogP contribution in [0.3, 0.4) is 0 Å². The van der Waals surface area contributed by atoms with Crippen LogP contribution in [0.25, 0.3) is 28.0 Å². The molecule has 0 saturated carbocycles. The number of hydrogen-bond donors (Lipinski definition) is 1. The van der Waals surface area contributed by atoms with Gasteiger partial charge in [0.25, 0.3) is 0 Å². The molecule has 4 aromatic rings. The molecule has 96 valence electrons. The van der Waals surface area contributed by atoms with E-state index < -0.39 is 0 Å². The summed E-state index contributed by atoms with van der Waals surface area (Å²) in [6.45, 7) is 0. The van der Waals surface area contributed by atoms with Crippen LogP contribution in [-0.2, 0) is 0 Å². The largest absolute Gasteiger partial charge is 0.300 e. The van der Waals surface area contributed by atoms with Crippen LogP contribution in [0.5, 0.6) is 0 Å². The van der Waals surface area contributed by atoms with E-state index in [0.717, 1.165) is 28.0 Å². The molecule has 0 aliphatic heterocycles. The minimum absolute atomic E-state index is 0.938. The van der Waals surface area contributed by atoms with Gasteiger partial charge in [-0.3, -0.25) is 9.67 Å². The van der Waals surface area contributed by atoms with Gasteiger partial charge in [0.05, 0.1) is 11.7 Å². The van der Waals surface area contributed by atoms with Gasteiger partial charge in [-0.1, -0.05) is 30.3 Å². The van der Waals surface area contributed by atoms with Crippen molar-refractivity contribution in [3.63, 3.8) is 0 Å². The Bertz CT molecular complexity index is 858. The number of fused-ring (bicyclic) bond motifs is 1.